The minimum absolute atomic E-state index is 0.00124. The highest BCUT2D eigenvalue weighted by Crippen LogP contribution is 2.09. The molecular weight excluding hydrogens is 329 g/mol. The molecule has 0 fully saturated rings. The molecule has 1 amide bonds. The smallest absolute Gasteiger partial charge is 0.402 e. The number of hydrogen-bond acceptors (Lipinski definition) is 4. The zero-order chi connectivity index (χ0) is 19.3. The average molecular weight is 369 g/mol. The van der Waals surface area contributed by atoms with E-state index < -0.39 is 7.32 Å². The van der Waals surface area contributed by atoms with Gasteiger partial charge in [-0.3, -0.25) is 4.79 Å². The fourth-order valence-electron chi connectivity index (χ4n) is 2.80. The first-order valence-corrected chi connectivity index (χ1v) is 10.6. The van der Waals surface area contributed by atoms with E-state index in [2.05, 4.69) is 29.0 Å². The normalized spacial score (nSPS) is 11.2. The third-order valence-electron chi connectivity index (χ3n) is 4.36. The summed E-state index contributed by atoms with van der Waals surface area (Å²) in [5.74, 6) is -0.00124. The van der Waals surface area contributed by atoms with Gasteiger partial charge in [-0.15, -0.1) is 0 Å². The second kappa shape index (κ2) is 20.5. The van der Waals surface area contributed by atoms with Crippen molar-refractivity contribution in [2.75, 3.05) is 13.2 Å². The second-order valence-electron chi connectivity index (χ2n) is 6.88. The van der Waals surface area contributed by atoms with Gasteiger partial charge in [-0.1, -0.05) is 70.4 Å². The van der Waals surface area contributed by atoms with Crippen LogP contribution in [-0.2, 0) is 9.45 Å². The molecule has 0 saturated heterocycles. The van der Waals surface area contributed by atoms with Crippen LogP contribution >= 0.6 is 0 Å². The average Bonchev–Trinajstić information content (AvgIpc) is 2.62. The van der Waals surface area contributed by atoms with E-state index in [4.69, 9.17) is 10.0 Å². The Bertz CT molecular complexity index is 338. The lowest BCUT2D eigenvalue weighted by Gasteiger charge is -2.05. The standard InChI is InChI=1S/C20H40BNO4/c1-2-3-4-5-6-7-8-9-10-11-12-13-14-15-16-17-20(23)22-18-19-26-21(24)25/h9-10,24-25H,2-8,11-19H2,1H3,(H,22,23)/b10-9-. The highest BCUT2D eigenvalue weighted by atomic mass is 16.6. The van der Waals surface area contributed by atoms with Gasteiger partial charge in [-0.25, -0.2) is 0 Å². The van der Waals surface area contributed by atoms with E-state index in [0.29, 0.717) is 13.0 Å². The van der Waals surface area contributed by atoms with Crippen LogP contribution in [0.4, 0.5) is 0 Å². The van der Waals surface area contributed by atoms with Crippen LogP contribution in [0.2, 0.25) is 0 Å². The van der Waals surface area contributed by atoms with Gasteiger partial charge in [0.2, 0.25) is 5.91 Å². The summed E-state index contributed by atoms with van der Waals surface area (Å²) in [6, 6.07) is 0. The van der Waals surface area contributed by atoms with Crippen molar-refractivity contribution >= 4 is 13.2 Å². The van der Waals surface area contributed by atoms with E-state index in [1.807, 2.05) is 0 Å². The van der Waals surface area contributed by atoms with E-state index in [-0.39, 0.29) is 12.5 Å². The Morgan fingerprint density at radius 3 is 2.00 bits per heavy atom. The molecule has 5 nitrogen and oxygen atoms in total. The zero-order valence-corrected chi connectivity index (χ0v) is 16.8. The Kier molecular flexibility index (Phi) is 19.8. The first-order valence-electron chi connectivity index (χ1n) is 10.6. The Labute approximate surface area is 160 Å². The van der Waals surface area contributed by atoms with Crippen molar-refractivity contribution in [3.05, 3.63) is 12.2 Å². The van der Waals surface area contributed by atoms with E-state index in [1.54, 1.807) is 0 Å². The van der Waals surface area contributed by atoms with Crippen molar-refractivity contribution in [2.45, 2.75) is 96.8 Å². The highest BCUT2D eigenvalue weighted by Gasteiger charge is 2.07. The zero-order valence-electron chi connectivity index (χ0n) is 16.8. The van der Waals surface area contributed by atoms with Crippen molar-refractivity contribution in [1.82, 2.24) is 5.32 Å². The summed E-state index contributed by atoms with van der Waals surface area (Å²) in [4.78, 5) is 11.5. The minimum atomic E-state index is -1.77. The maximum atomic E-state index is 11.5. The van der Waals surface area contributed by atoms with Crippen LogP contribution < -0.4 is 5.32 Å². The fraction of sp³-hybridized carbons (Fsp3) is 0.850. The molecule has 0 aromatic rings. The summed E-state index contributed by atoms with van der Waals surface area (Å²) < 4.78 is 4.51. The summed E-state index contributed by atoms with van der Waals surface area (Å²) in [6.07, 6.45) is 21.4. The van der Waals surface area contributed by atoms with Crippen LogP contribution in [0.3, 0.4) is 0 Å². The molecule has 0 unspecified atom stereocenters. The van der Waals surface area contributed by atoms with Crippen LogP contribution in [0.25, 0.3) is 0 Å². The molecule has 152 valence electrons. The molecule has 26 heavy (non-hydrogen) atoms. The molecule has 0 aromatic heterocycles. The molecular formula is C20H40BNO4. The maximum Gasteiger partial charge on any atom is 0.633 e. The lowest BCUT2D eigenvalue weighted by molar-refractivity contribution is -0.121. The summed E-state index contributed by atoms with van der Waals surface area (Å²) in [6.45, 7) is 2.67. The van der Waals surface area contributed by atoms with Gasteiger partial charge in [-0.05, 0) is 32.1 Å². The Balaban J connectivity index is 3.21. The predicted molar refractivity (Wildman–Crippen MR) is 109 cm³/mol. The first kappa shape index (κ1) is 25.2. The summed E-state index contributed by atoms with van der Waals surface area (Å²) in [5.41, 5.74) is 0. The molecule has 0 radical (unpaired) electrons. The number of carbonyl (C=O) groups excluding carboxylic acids is 1. The number of rotatable bonds is 19. The molecule has 0 rings (SSSR count). The first-order chi connectivity index (χ1) is 12.7. The third kappa shape index (κ3) is 21.2. The SMILES string of the molecule is CCCCCCCC/C=C\CCCCCCCC(=O)NCCOB(O)O. The van der Waals surface area contributed by atoms with Gasteiger partial charge in [0.25, 0.3) is 0 Å². The lowest BCUT2D eigenvalue weighted by Crippen LogP contribution is -2.29. The van der Waals surface area contributed by atoms with Gasteiger partial charge in [-0.2, -0.15) is 0 Å². The second-order valence-corrected chi connectivity index (χ2v) is 6.88. The predicted octanol–water partition coefficient (Wildman–Crippen LogP) is 4.13. The van der Waals surface area contributed by atoms with Gasteiger partial charge in [0.15, 0.2) is 0 Å². The largest absolute Gasteiger partial charge is 0.633 e. The highest BCUT2D eigenvalue weighted by molar-refractivity contribution is 6.32. The van der Waals surface area contributed by atoms with Crippen molar-refractivity contribution in [3.63, 3.8) is 0 Å². The van der Waals surface area contributed by atoms with Crippen molar-refractivity contribution in [1.29, 1.82) is 0 Å². The summed E-state index contributed by atoms with van der Waals surface area (Å²) >= 11 is 0. The lowest BCUT2D eigenvalue weighted by atomic mass is 10.1. The molecule has 0 bridgehead atoms. The topological polar surface area (TPSA) is 78.8 Å². The van der Waals surface area contributed by atoms with Gasteiger partial charge < -0.3 is 20.0 Å². The Morgan fingerprint density at radius 2 is 1.42 bits per heavy atom. The Hall–Kier alpha value is -0.845. The molecule has 0 heterocycles. The molecule has 0 aliphatic rings. The number of carbonyl (C=O) groups is 1. The molecule has 6 heteroatoms. The van der Waals surface area contributed by atoms with E-state index in [9.17, 15) is 4.79 Å². The van der Waals surface area contributed by atoms with Crippen LogP contribution in [0.5, 0.6) is 0 Å². The van der Waals surface area contributed by atoms with Crippen LogP contribution in [0.1, 0.15) is 96.8 Å². The maximum absolute atomic E-state index is 11.5. The number of unbranched alkanes of at least 4 members (excludes halogenated alkanes) is 11. The van der Waals surface area contributed by atoms with Crippen molar-refractivity contribution in [2.24, 2.45) is 0 Å². The minimum Gasteiger partial charge on any atom is -0.402 e. The molecule has 0 aromatic carbocycles. The number of hydrogen-bond donors (Lipinski definition) is 3. The summed E-state index contributed by atoms with van der Waals surface area (Å²) in [7, 11) is -1.77. The quantitative estimate of drug-likeness (QED) is 0.182. The monoisotopic (exact) mass is 369 g/mol. The Morgan fingerprint density at radius 1 is 0.885 bits per heavy atom. The number of allylic oxidation sites excluding steroid dienone is 2. The van der Waals surface area contributed by atoms with Gasteiger partial charge in [0.05, 0.1) is 6.61 Å². The van der Waals surface area contributed by atoms with Gasteiger partial charge in [0.1, 0.15) is 0 Å². The fourth-order valence-corrected chi connectivity index (χ4v) is 2.80. The van der Waals surface area contributed by atoms with Crippen molar-refractivity contribution < 1.29 is 19.5 Å². The molecule has 0 aliphatic carbocycles. The van der Waals surface area contributed by atoms with E-state index in [0.717, 1.165) is 12.8 Å². The molecule has 0 saturated carbocycles. The van der Waals surface area contributed by atoms with E-state index in [1.165, 1.54) is 70.6 Å². The van der Waals surface area contributed by atoms with Gasteiger partial charge in [0, 0.05) is 13.0 Å². The van der Waals surface area contributed by atoms with Crippen LogP contribution in [0.15, 0.2) is 12.2 Å². The summed E-state index contributed by atoms with van der Waals surface area (Å²) in [5, 5.41) is 19.7. The molecule has 0 spiro atoms. The third-order valence-corrected chi connectivity index (χ3v) is 4.36. The van der Waals surface area contributed by atoms with Crippen molar-refractivity contribution in [3.8, 4) is 0 Å². The number of nitrogens with one attached hydrogen (secondary N) is 1. The van der Waals surface area contributed by atoms with Gasteiger partial charge >= 0.3 is 7.32 Å². The molecule has 0 aliphatic heterocycles. The van der Waals surface area contributed by atoms with E-state index >= 15 is 0 Å². The van der Waals surface area contributed by atoms with Crippen LogP contribution in [-0.4, -0.2) is 36.4 Å². The van der Waals surface area contributed by atoms with Crippen LogP contribution in [0, 0.1) is 0 Å². The molecule has 3 N–H and O–H groups in total. The number of amides is 1. The molecule has 0 atom stereocenters.